The average molecular weight is 402 g/mol. The zero-order valence-corrected chi connectivity index (χ0v) is 16.0. The van der Waals surface area contributed by atoms with E-state index in [2.05, 4.69) is 43.6 Å². The maximum absolute atomic E-state index is 12.6. The summed E-state index contributed by atoms with van der Waals surface area (Å²) in [5.41, 5.74) is 3.97. The summed E-state index contributed by atoms with van der Waals surface area (Å²) < 4.78 is 4.30. The summed E-state index contributed by atoms with van der Waals surface area (Å²) in [6, 6.07) is 10.1. The first-order valence-corrected chi connectivity index (χ1v) is 8.91. The molecule has 0 atom stereocenters. The molecule has 0 fully saturated rings. The van der Waals surface area contributed by atoms with Gasteiger partial charge in [0.2, 0.25) is 0 Å². The van der Waals surface area contributed by atoms with E-state index < -0.39 is 0 Å². The zero-order valence-electron chi connectivity index (χ0n) is 14.5. The Hall–Kier alpha value is -2.41. The van der Waals surface area contributed by atoms with Crippen molar-refractivity contribution in [3.05, 3.63) is 63.6 Å². The summed E-state index contributed by atoms with van der Waals surface area (Å²) in [5, 5.41) is 11.8. The minimum atomic E-state index is -0.246. The van der Waals surface area contributed by atoms with E-state index >= 15 is 0 Å². The molecule has 1 aromatic carbocycles. The number of amides is 1. The van der Waals surface area contributed by atoms with Crippen molar-refractivity contribution in [1.29, 1.82) is 0 Å². The molecule has 2 heterocycles. The molecule has 25 heavy (non-hydrogen) atoms. The SMILES string of the molecule is CCn1cc(Br)c(C(=O)Nc2c(C)nn(Cc3ccccc3)c2C)n1. The van der Waals surface area contributed by atoms with E-state index in [4.69, 9.17) is 0 Å². The summed E-state index contributed by atoms with van der Waals surface area (Å²) in [7, 11) is 0. The molecule has 130 valence electrons. The lowest BCUT2D eigenvalue weighted by Gasteiger charge is -2.07. The second-order valence-corrected chi connectivity index (χ2v) is 6.68. The molecule has 3 rings (SSSR count). The van der Waals surface area contributed by atoms with Crippen LogP contribution in [0.5, 0.6) is 0 Å². The van der Waals surface area contributed by atoms with E-state index in [1.807, 2.05) is 43.7 Å². The number of benzene rings is 1. The lowest BCUT2D eigenvalue weighted by atomic mass is 10.2. The number of nitrogens with zero attached hydrogens (tertiary/aromatic N) is 4. The van der Waals surface area contributed by atoms with Crippen LogP contribution < -0.4 is 5.32 Å². The van der Waals surface area contributed by atoms with E-state index in [0.29, 0.717) is 23.3 Å². The summed E-state index contributed by atoms with van der Waals surface area (Å²) >= 11 is 3.39. The normalized spacial score (nSPS) is 10.9. The summed E-state index contributed by atoms with van der Waals surface area (Å²) in [6.07, 6.45) is 1.80. The summed E-state index contributed by atoms with van der Waals surface area (Å²) in [5.74, 6) is -0.246. The van der Waals surface area contributed by atoms with Crippen molar-refractivity contribution in [2.45, 2.75) is 33.9 Å². The maximum Gasteiger partial charge on any atom is 0.277 e. The number of halogens is 1. The minimum Gasteiger partial charge on any atom is -0.317 e. The Labute approximate surface area is 155 Å². The van der Waals surface area contributed by atoms with E-state index in [-0.39, 0.29) is 5.91 Å². The number of aryl methyl sites for hydroxylation is 2. The van der Waals surface area contributed by atoms with Crippen LogP contribution in [0.25, 0.3) is 0 Å². The standard InChI is InChI=1S/C18H20BrN5O/c1-4-23-11-15(19)17(22-23)18(25)20-16-12(2)21-24(13(16)3)10-14-8-6-5-7-9-14/h5-9,11H,4,10H2,1-3H3,(H,20,25). The van der Waals surface area contributed by atoms with Gasteiger partial charge in [-0.05, 0) is 42.3 Å². The fourth-order valence-electron chi connectivity index (χ4n) is 2.67. The highest BCUT2D eigenvalue weighted by atomic mass is 79.9. The Morgan fingerprint density at radius 2 is 1.92 bits per heavy atom. The second-order valence-electron chi connectivity index (χ2n) is 5.82. The summed E-state index contributed by atoms with van der Waals surface area (Å²) in [4.78, 5) is 12.6. The van der Waals surface area contributed by atoms with Crippen LogP contribution in [0, 0.1) is 13.8 Å². The number of carbonyl (C=O) groups is 1. The van der Waals surface area contributed by atoms with Crippen molar-refractivity contribution in [2.75, 3.05) is 5.32 Å². The first-order valence-electron chi connectivity index (χ1n) is 8.11. The highest BCUT2D eigenvalue weighted by Crippen LogP contribution is 2.23. The Morgan fingerprint density at radius 1 is 1.20 bits per heavy atom. The van der Waals surface area contributed by atoms with Crippen molar-refractivity contribution < 1.29 is 4.79 Å². The van der Waals surface area contributed by atoms with Crippen LogP contribution in [0.15, 0.2) is 41.0 Å². The smallest absolute Gasteiger partial charge is 0.277 e. The second kappa shape index (κ2) is 7.23. The van der Waals surface area contributed by atoms with Gasteiger partial charge in [0.25, 0.3) is 5.91 Å². The predicted molar refractivity (Wildman–Crippen MR) is 101 cm³/mol. The Bertz CT molecular complexity index is 898. The highest BCUT2D eigenvalue weighted by Gasteiger charge is 2.19. The molecule has 0 unspecified atom stereocenters. The zero-order chi connectivity index (χ0) is 18.0. The highest BCUT2D eigenvalue weighted by molar-refractivity contribution is 9.10. The number of hydrogen-bond donors (Lipinski definition) is 1. The Balaban J connectivity index is 1.83. The molecule has 0 spiro atoms. The van der Waals surface area contributed by atoms with Gasteiger partial charge in [-0.2, -0.15) is 10.2 Å². The topological polar surface area (TPSA) is 64.7 Å². The van der Waals surface area contributed by atoms with Gasteiger partial charge in [0, 0.05) is 12.7 Å². The first kappa shape index (κ1) is 17.4. The van der Waals surface area contributed by atoms with Gasteiger partial charge in [0.05, 0.1) is 28.1 Å². The van der Waals surface area contributed by atoms with Crippen LogP contribution in [-0.4, -0.2) is 25.5 Å². The molecule has 3 aromatic rings. The monoisotopic (exact) mass is 401 g/mol. The van der Waals surface area contributed by atoms with E-state index in [1.165, 1.54) is 0 Å². The third kappa shape index (κ3) is 3.66. The van der Waals surface area contributed by atoms with Gasteiger partial charge < -0.3 is 5.32 Å². The molecule has 2 aromatic heterocycles. The van der Waals surface area contributed by atoms with Crippen molar-refractivity contribution in [2.24, 2.45) is 0 Å². The minimum absolute atomic E-state index is 0.246. The third-order valence-electron chi connectivity index (χ3n) is 4.05. The van der Waals surface area contributed by atoms with E-state index in [1.54, 1.807) is 10.9 Å². The number of nitrogens with one attached hydrogen (secondary N) is 1. The van der Waals surface area contributed by atoms with Crippen molar-refractivity contribution in [1.82, 2.24) is 19.6 Å². The van der Waals surface area contributed by atoms with Crippen LogP contribution in [0.2, 0.25) is 0 Å². The molecule has 0 aliphatic heterocycles. The predicted octanol–water partition coefficient (Wildman–Crippen LogP) is 3.78. The Kier molecular flexibility index (Phi) is 5.03. The molecule has 0 bridgehead atoms. The number of aromatic nitrogens is 4. The van der Waals surface area contributed by atoms with Crippen molar-refractivity contribution in [3.8, 4) is 0 Å². The van der Waals surface area contributed by atoms with Crippen LogP contribution in [-0.2, 0) is 13.1 Å². The van der Waals surface area contributed by atoms with Gasteiger partial charge in [-0.1, -0.05) is 30.3 Å². The van der Waals surface area contributed by atoms with Crippen LogP contribution in [0.3, 0.4) is 0 Å². The molecule has 7 heteroatoms. The van der Waals surface area contributed by atoms with Crippen LogP contribution >= 0.6 is 15.9 Å². The quantitative estimate of drug-likeness (QED) is 0.707. The van der Waals surface area contributed by atoms with Gasteiger partial charge in [-0.15, -0.1) is 0 Å². The lowest BCUT2D eigenvalue weighted by molar-refractivity contribution is 0.102. The van der Waals surface area contributed by atoms with Gasteiger partial charge in [-0.25, -0.2) is 0 Å². The van der Waals surface area contributed by atoms with Crippen LogP contribution in [0.4, 0.5) is 5.69 Å². The van der Waals surface area contributed by atoms with Crippen molar-refractivity contribution >= 4 is 27.5 Å². The fourth-order valence-corrected chi connectivity index (χ4v) is 3.17. The molecular weight excluding hydrogens is 382 g/mol. The van der Waals surface area contributed by atoms with Gasteiger partial charge in [0.1, 0.15) is 0 Å². The Morgan fingerprint density at radius 3 is 2.56 bits per heavy atom. The van der Waals surface area contributed by atoms with Gasteiger partial charge in [-0.3, -0.25) is 14.2 Å². The number of carbonyl (C=O) groups excluding carboxylic acids is 1. The number of anilines is 1. The van der Waals surface area contributed by atoms with Crippen molar-refractivity contribution in [3.63, 3.8) is 0 Å². The van der Waals surface area contributed by atoms with Gasteiger partial charge >= 0.3 is 0 Å². The third-order valence-corrected chi connectivity index (χ3v) is 4.63. The fraction of sp³-hybridized carbons (Fsp3) is 0.278. The molecule has 1 N–H and O–H groups in total. The van der Waals surface area contributed by atoms with Crippen LogP contribution in [0.1, 0.15) is 34.4 Å². The molecule has 6 nitrogen and oxygen atoms in total. The number of hydrogen-bond acceptors (Lipinski definition) is 3. The summed E-state index contributed by atoms with van der Waals surface area (Å²) in [6.45, 7) is 7.20. The largest absolute Gasteiger partial charge is 0.317 e. The van der Waals surface area contributed by atoms with Gasteiger partial charge in [0.15, 0.2) is 5.69 Å². The van der Waals surface area contributed by atoms with E-state index in [0.717, 1.165) is 22.6 Å². The maximum atomic E-state index is 12.6. The average Bonchev–Trinajstić information content (AvgIpc) is 3.11. The molecule has 0 aliphatic carbocycles. The molecular formula is C18H20BrN5O. The molecule has 0 aliphatic rings. The molecule has 0 saturated carbocycles. The molecule has 1 amide bonds. The van der Waals surface area contributed by atoms with E-state index in [9.17, 15) is 4.79 Å². The molecule has 0 saturated heterocycles. The number of rotatable bonds is 5. The lowest BCUT2D eigenvalue weighted by Crippen LogP contribution is -2.15. The first-order chi connectivity index (χ1) is 12.0. The molecule has 0 radical (unpaired) electrons.